The van der Waals surface area contributed by atoms with Crippen LogP contribution in [0.25, 0.3) is 0 Å². The van der Waals surface area contributed by atoms with Crippen LogP contribution in [0.15, 0.2) is 37.1 Å². The predicted octanol–water partition coefficient (Wildman–Crippen LogP) is 3.82. The summed E-state index contributed by atoms with van der Waals surface area (Å²) < 4.78 is 7.08. The van der Waals surface area contributed by atoms with Crippen LogP contribution < -0.4 is 0 Å². The molecule has 2 aromatic rings. The first kappa shape index (κ1) is 15.3. The minimum Gasteiger partial charge on any atom is -0.444 e. The molecule has 3 rings (SSSR count). The van der Waals surface area contributed by atoms with Crippen molar-refractivity contribution in [1.82, 2.24) is 9.80 Å². The molecule has 3 heterocycles. The maximum absolute atomic E-state index is 12.3. The van der Waals surface area contributed by atoms with Crippen LogP contribution in [0.3, 0.4) is 0 Å². The molecule has 1 amide bonds. The number of thiophene rings is 1. The van der Waals surface area contributed by atoms with Crippen LogP contribution in [0.2, 0.25) is 0 Å². The number of rotatable bonds is 3. The van der Waals surface area contributed by atoms with E-state index in [4.69, 9.17) is 4.42 Å². The summed E-state index contributed by atoms with van der Waals surface area (Å²) >= 11 is 8.47. The third-order valence-electron chi connectivity index (χ3n) is 3.45. The van der Waals surface area contributed by atoms with Crippen LogP contribution in [0.1, 0.15) is 15.4 Å². The Morgan fingerprint density at radius 1 is 1.14 bits per heavy atom. The minimum absolute atomic E-state index is 0.0285. The number of hydrogen-bond donors (Lipinski definition) is 0. The SMILES string of the molecule is O=C(c1ccc(Br)o1)N1CCN(Cc2ccc(Br)s2)CC1. The summed E-state index contributed by atoms with van der Waals surface area (Å²) in [5.41, 5.74) is 0. The van der Waals surface area contributed by atoms with Crippen LogP contribution in [-0.4, -0.2) is 41.9 Å². The number of furan rings is 1. The Bertz CT molecular complexity index is 632. The maximum atomic E-state index is 12.3. The van der Waals surface area contributed by atoms with E-state index in [0.717, 1.165) is 36.5 Å². The molecule has 1 saturated heterocycles. The van der Waals surface area contributed by atoms with Gasteiger partial charge in [0.15, 0.2) is 10.4 Å². The summed E-state index contributed by atoms with van der Waals surface area (Å²) in [5.74, 6) is 0.372. The van der Waals surface area contributed by atoms with E-state index in [1.807, 2.05) is 4.90 Å². The Balaban J connectivity index is 1.54. The highest BCUT2D eigenvalue weighted by atomic mass is 79.9. The Kier molecular flexibility index (Phi) is 4.83. The Morgan fingerprint density at radius 2 is 1.90 bits per heavy atom. The summed E-state index contributed by atoms with van der Waals surface area (Å²) in [6.45, 7) is 4.21. The quantitative estimate of drug-likeness (QED) is 0.738. The lowest BCUT2D eigenvalue weighted by molar-refractivity contribution is 0.0597. The summed E-state index contributed by atoms with van der Waals surface area (Å²) in [5, 5.41) is 0. The summed E-state index contributed by atoms with van der Waals surface area (Å²) in [6.07, 6.45) is 0. The van der Waals surface area contributed by atoms with Crippen LogP contribution in [0.4, 0.5) is 0 Å². The molecule has 0 radical (unpaired) electrons. The first-order valence-electron chi connectivity index (χ1n) is 6.63. The zero-order chi connectivity index (χ0) is 14.8. The molecule has 0 bridgehead atoms. The number of carbonyl (C=O) groups excluding carboxylic acids is 1. The molecule has 7 heteroatoms. The lowest BCUT2D eigenvalue weighted by atomic mass is 10.2. The number of nitrogens with zero attached hydrogens (tertiary/aromatic N) is 2. The number of carbonyl (C=O) groups is 1. The average Bonchev–Trinajstić information content (AvgIpc) is 3.08. The van der Waals surface area contributed by atoms with Gasteiger partial charge in [-0.15, -0.1) is 11.3 Å². The van der Waals surface area contributed by atoms with Gasteiger partial charge in [-0.2, -0.15) is 0 Å². The highest BCUT2D eigenvalue weighted by Crippen LogP contribution is 2.24. The van der Waals surface area contributed by atoms with Crippen molar-refractivity contribution in [3.05, 3.63) is 43.4 Å². The van der Waals surface area contributed by atoms with E-state index < -0.39 is 0 Å². The minimum atomic E-state index is -0.0285. The zero-order valence-electron chi connectivity index (χ0n) is 11.2. The normalized spacial score (nSPS) is 16.4. The average molecular weight is 434 g/mol. The first-order chi connectivity index (χ1) is 10.1. The van der Waals surface area contributed by atoms with Crippen molar-refractivity contribution in [2.24, 2.45) is 0 Å². The van der Waals surface area contributed by atoms with Crippen molar-refractivity contribution in [2.45, 2.75) is 6.54 Å². The molecule has 21 heavy (non-hydrogen) atoms. The fourth-order valence-corrected chi connectivity index (χ4v) is 4.18. The Morgan fingerprint density at radius 3 is 2.48 bits per heavy atom. The van der Waals surface area contributed by atoms with E-state index in [9.17, 15) is 4.79 Å². The van der Waals surface area contributed by atoms with E-state index in [-0.39, 0.29) is 5.91 Å². The lowest BCUT2D eigenvalue weighted by Gasteiger charge is -2.34. The standard InChI is InChI=1S/C14H14Br2N2O2S/c15-12-3-2-11(20-12)14(19)18-7-5-17(6-8-18)9-10-1-4-13(16)21-10/h1-4H,5-9H2. The maximum Gasteiger partial charge on any atom is 0.289 e. The van der Waals surface area contributed by atoms with Gasteiger partial charge < -0.3 is 9.32 Å². The molecule has 0 unspecified atom stereocenters. The van der Waals surface area contributed by atoms with Crippen LogP contribution in [0, 0.1) is 0 Å². The Hall–Kier alpha value is -0.630. The molecule has 0 saturated carbocycles. The van der Waals surface area contributed by atoms with Crippen molar-refractivity contribution in [1.29, 1.82) is 0 Å². The van der Waals surface area contributed by atoms with Crippen molar-refractivity contribution < 1.29 is 9.21 Å². The lowest BCUT2D eigenvalue weighted by Crippen LogP contribution is -2.48. The highest BCUT2D eigenvalue weighted by molar-refractivity contribution is 9.11. The molecule has 112 valence electrons. The smallest absolute Gasteiger partial charge is 0.289 e. The molecule has 1 fully saturated rings. The van der Waals surface area contributed by atoms with Crippen LogP contribution >= 0.6 is 43.2 Å². The van der Waals surface area contributed by atoms with E-state index in [1.165, 1.54) is 4.88 Å². The Labute approximate surface area is 144 Å². The third-order valence-corrected chi connectivity index (χ3v) is 5.49. The van der Waals surface area contributed by atoms with Gasteiger partial charge in [-0.3, -0.25) is 9.69 Å². The van der Waals surface area contributed by atoms with Gasteiger partial charge in [0.1, 0.15) is 0 Å². The summed E-state index contributed by atoms with van der Waals surface area (Å²) in [4.78, 5) is 17.8. The largest absolute Gasteiger partial charge is 0.444 e. The molecule has 1 aliphatic heterocycles. The van der Waals surface area contributed by atoms with Gasteiger partial charge in [0, 0.05) is 37.6 Å². The third kappa shape index (κ3) is 3.77. The second-order valence-electron chi connectivity index (χ2n) is 4.88. The molecule has 0 atom stereocenters. The monoisotopic (exact) mass is 432 g/mol. The fraction of sp³-hybridized carbons (Fsp3) is 0.357. The van der Waals surface area contributed by atoms with Crippen molar-refractivity contribution in [3.63, 3.8) is 0 Å². The molecule has 4 nitrogen and oxygen atoms in total. The molecular formula is C14H14Br2N2O2S. The van der Waals surface area contributed by atoms with Gasteiger partial charge in [0.25, 0.3) is 5.91 Å². The number of halogens is 2. The summed E-state index contributed by atoms with van der Waals surface area (Å²) in [6, 6.07) is 7.68. The van der Waals surface area contributed by atoms with Gasteiger partial charge in [0.05, 0.1) is 3.79 Å². The van der Waals surface area contributed by atoms with Crippen LogP contribution in [-0.2, 0) is 6.54 Å². The molecular weight excluding hydrogens is 420 g/mol. The predicted molar refractivity (Wildman–Crippen MR) is 89.6 cm³/mol. The zero-order valence-corrected chi connectivity index (χ0v) is 15.2. The van der Waals surface area contributed by atoms with Gasteiger partial charge in [0.2, 0.25) is 0 Å². The van der Waals surface area contributed by atoms with Gasteiger partial charge >= 0.3 is 0 Å². The molecule has 2 aromatic heterocycles. The number of hydrogen-bond acceptors (Lipinski definition) is 4. The van der Waals surface area contributed by atoms with E-state index in [2.05, 4.69) is 48.9 Å². The van der Waals surface area contributed by atoms with E-state index in [1.54, 1.807) is 23.5 Å². The molecule has 0 aromatic carbocycles. The molecule has 0 aliphatic carbocycles. The van der Waals surface area contributed by atoms with Crippen LogP contribution in [0.5, 0.6) is 0 Å². The topological polar surface area (TPSA) is 36.7 Å². The van der Waals surface area contributed by atoms with E-state index >= 15 is 0 Å². The second kappa shape index (κ2) is 6.64. The van der Waals surface area contributed by atoms with Gasteiger partial charge in [-0.1, -0.05) is 0 Å². The fourth-order valence-electron chi connectivity index (χ4n) is 2.35. The molecule has 0 N–H and O–H groups in total. The number of piperazine rings is 1. The highest BCUT2D eigenvalue weighted by Gasteiger charge is 2.24. The molecule has 1 aliphatic rings. The van der Waals surface area contributed by atoms with Crippen molar-refractivity contribution in [2.75, 3.05) is 26.2 Å². The van der Waals surface area contributed by atoms with E-state index in [0.29, 0.717) is 10.4 Å². The second-order valence-corrected chi connectivity index (χ2v) is 8.21. The number of amides is 1. The first-order valence-corrected chi connectivity index (χ1v) is 9.03. The van der Waals surface area contributed by atoms with Crippen molar-refractivity contribution in [3.8, 4) is 0 Å². The summed E-state index contributed by atoms with van der Waals surface area (Å²) in [7, 11) is 0. The van der Waals surface area contributed by atoms with Crippen molar-refractivity contribution >= 4 is 49.1 Å². The van der Waals surface area contributed by atoms with Gasteiger partial charge in [-0.25, -0.2) is 0 Å². The molecule has 0 spiro atoms. The van der Waals surface area contributed by atoms with Gasteiger partial charge in [-0.05, 0) is 56.1 Å².